The number of nitriles is 1. The van der Waals surface area contributed by atoms with Crippen LogP contribution in [0.2, 0.25) is 0 Å². The molecule has 1 aliphatic rings. The second kappa shape index (κ2) is 5.54. The molecule has 4 nitrogen and oxygen atoms in total. The van der Waals surface area contributed by atoms with E-state index < -0.39 is 17.7 Å². The monoisotopic (exact) mass is 272 g/mol. The molecular weight excluding hydrogens is 252 g/mol. The molecule has 0 spiro atoms. The fourth-order valence-electron chi connectivity index (χ4n) is 2.45. The summed E-state index contributed by atoms with van der Waals surface area (Å²) in [6, 6.07) is 11.8. The van der Waals surface area contributed by atoms with Gasteiger partial charge in [0.1, 0.15) is 11.6 Å². The molecule has 0 aromatic heterocycles. The number of benzene rings is 1. The van der Waals surface area contributed by atoms with Gasteiger partial charge in [-0.1, -0.05) is 30.3 Å². The average molecular weight is 272 g/mol. The minimum atomic E-state index is -0.540. The summed E-state index contributed by atoms with van der Waals surface area (Å²) in [6.45, 7) is 6.03. The minimum Gasteiger partial charge on any atom is -0.444 e. The first-order valence-electron chi connectivity index (χ1n) is 6.85. The van der Waals surface area contributed by atoms with E-state index in [0.29, 0.717) is 13.0 Å². The zero-order valence-corrected chi connectivity index (χ0v) is 12.2. The maximum absolute atomic E-state index is 12.2. The van der Waals surface area contributed by atoms with Gasteiger partial charge in [0.2, 0.25) is 0 Å². The largest absolute Gasteiger partial charge is 0.444 e. The molecule has 0 aliphatic carbocycles. The Morgan fingerprint density at radius 3 is 2.55 bits per heavy atom. The van der Waals surface area contributed by atoms with E-state index in [1.165, 1.54) is 5.56 Å². The first kappa shape index (κ1) is 14.4. The Labute approximate surface area is 120 Å². The van der Waals surface area contributed by atoms with Crippen LogP contribution in [0, 0.1) is 11.3 Å². The number of hydrogen-bond acceptors (Lipinski definition) is 3. The van der Waals surface area contributed by atoms with Gasteiger partial charge >= 0.3 is 6.09 Å². The Hall–Kier alpha value is -2.02. The minimum absolute atomic E-state index is 0.202. The SMILES string of the molecule is CC(C)(C)OC(=O)N1C[C@@H](c2ccccc2)C[C@H]1C#N. The molecule has 0 saturated carbocycles. The molecule has 0 N–H and O–H groups in total. The summed E-state index contributed by atoms with van der Waals surface area (Å²) < 4.78 is 5.37. The van der Waals surface area contributed by atoms with Gasteiger partial charge in [-0.05, 0) is 32.8 Å². The molecule has 1 heterocycles. The fraction of sp³-hybridized carbons (Fsp3) is 0.500. The molecule has 2 atom stereocenters. The molecule has 1 amide bonds. The van der Waals surface area contributed by atoms with Crippen LogP contribution in [0.5, 0.6) is 0 Å². The molecule has 106 valence electrons. The number of hydrogen-bond donors (Lipinski definition) is 0. The third-order valence-electron chi connectivity index (χ3n) is 3.35. The van der Waals surface area contributed by atoms with Gasteiger partial charge in [0.15, 0.2) is 0 Å². The topological polar surface area (TPSA) is 53.3 Å². The molecule has 1 aromatic carbocycles. The van der Waals surface area contributed by atoms with Crippen molar-refractivity contribution in [2.75, 3.05) is 6.54 Å². The highest BCUT2D eigenvalue weighted by atomic mass is 16.6. The summed E-state index contributed by atoms with van der Waals surface area (Å²) in [6.07, 6.45) is 0.266. The summed E-state index contributed by atoms with van der Waals surface area (Å²) in [4.78, 5) is 13.7. The van der Waals surface area contributed by atoms with E-state index in [-0.39, 0.29) is 5.92 Å². The van der Waals surface area contributed by atoms with Crippen LogP contribution in [0.4, 0.5) is 4.79 Å². The van der Waals surface area contributed by atoms with E-state index in [0.717, 1.165) is 0 Å². The smallest absolute Gasteiger partial charge is 0.411 e. The van der Waals surface area contributed by atoms with Crippen LogP contribution < -0.4 is 0 Å². The van der Waals surface area contributed by atoms with Crippen molar-refractivity contribution < 1.29 is 9.53 Å². The van der Waals surface area contributed by atoms with Crippen molar-refractivity contribution in [2.45, 2.75) is 44.8 Å². The zero-order valence-electron chi connectivity index (χ0n) is 12.2. The average Bonchev–Trinajstić information content (AvgIpc) is 2.82. The number of carbonyl (C=O) groups is 1. The molecule has 1 aliphatic heterocycles. The number of amides is 1. The maximum Gasteiger partial charge on any atom is 0.411 e. The number of ether oxygens (including phenoxy) is 1. The molecule has 1 aromatic rings. The van der Waals surface area contributed by atoms with Crippen LogP contribution in [0.3, 0.4) is 0 Å². The Kier molecular flexibility index (Phi) is 3.99. The third kappa shape index (κ3) is 3.30. The Bertz CT molecular complexity index is 514. The molecule has 2 rings (SSSR count). The first-order chi connectivity index (χ1) is 9.40. The van der Waals surface area contributed by atoms with Gasteiger partial charge in [-0.3, -0.25) is 4.90 Å². The van der Waals surface area contributed by atoms with Crippen LogP contribution in [0.15, 0.2) is 30.3 Å². The van der Waals surface area contributed by atoms with E-state index in [4.69, 9.17) is 4.74 Å². The maximum atomic E-state index is 12.2. The van der Waals surface area contributed by atoms with Gasteiger partial charge in [-0.15, -0.1) is 0 Å². The normalized spacial score (nSPS) is 22.4. The summed E-state index contributed by atoms with van der Waals surface area (Å²) in [5, 5.41) is 9.25. The number of rotatable bonds is 1. The second-order valence-electron chi connectivity index (χ2n) is 6.12. The van der Waals surface area contributed by atoms with Crippen LogP contribution in [0.25, 0.3) is 0 Å². The van der Waals surface area contributed by atoms with Crippen molar-refractivity contribution in [2.24, 2.45) is 0 Å². The fourth-order valence-corrected chi connectivity index (χ4v) is 2.45. The van der Waals surface area contributed by atoms with E-state index in [1.54, 1.807) is 4.90 Å². The Balaban J connectivity index is 2.11. The van der Waals surface area contributed by atoms with Crippen LogP contribution >= 0.6 is 0 Å². The second-order valence-corrected chi connectivity index (χ2v) is 6.12. The zero-order chi connectivity index (χ0) is 14.8. The lowest BCUT2D eigenvalue weighted by Gasteiger charge is -2.26. The number of likely N-dealkylation sites (tertiary alicyclic amines) is 1. The van der Waals surface area contributed by atoms with Crippen molar-refractivity contribution in [3.8, 4) is 6.07 Å². The van der Waals surface area contributed by atoms with E-state index in [1.807, 2.05) is 51.1 Å². The van der Waals surface area contributed by atoms with Gasteiger partial charge in [0, 0.05) is 12.5 Å². The first-order valence-corrected chi connectivity index (χ1v) is 6.85. The van der Waals surface area contributed by atoms with Crippen molar-refractivity contribution in [1.82, 2.24) is 4.90 Å². The van der Waals surface area contributed by atoms with Gasteiger partial charge in [-0.25, -0.2) is 4.79 Å². The molecule has 0 bridgehead atoms. The van der Waals surface area contributed by atoms with Gasteiger partial charge in [0.05, 0.1) is 6.07 Å². The predicted molar refractivity (Wildman–Crippen MR) is 76.1 cm³/mol. The van der Waals surface area contributed by atoms with Crippen LogP contribution in [-0.2, 0) is 4.74 Å². The van der Waals surface area contributed by atoms with Crippen LogP contribution in [-0.4, -0.2) is 29.2 Å². The van der Waals surface area contributed by atoms with Gasteiger partial charge in [-0.2, -0.15) is 5.26 Å². The highest BCUT2D eigenvalue weighted by Gasteiger charge is 2.38. The molecule has 0 unspecified atom stereocenters. The molecule has 0 radical (unpaired) electrons. The van der Waals surface area contributed by atoms with Crippen molar-refractivity contribution in [3.63, 3.8) is 0 Å². The molecular formula is C16H20N2O2. The number of nitrogens with zero attached hydrogens (tertiary/aromatic N) is 2. The predicted octanol–water partition coefficient (Wildman–Crippen LogP) is 3.30. The van der Waals surface area contributed by atoms with E-state index in [9.17, 15) is 10.1 Å². The van der Waals surface area contributed by atoms with E-state index in [2.05, 4.69) is 6.07 Å². The van der Waals surface area contributed by atoms with Crippen molar-refractivity contribution >= 4 is 6.09 Å². The molecule has 20 heavy (non-hydrogen) atoms. The lowest BCUT2D eigenvalue weighted by molar-refractivity contribution is 0.0257. The standard InChI is InChI=1S/C16H20N2O2/c1-16(2,3)20-15(19)18-11-13(9-14(18)10-17)12-7-5-4-6-8-12/h4-8,13-14H,9,11H2,1-3H3/t13-,14-/m0/s1. The van der Waals surface area contributed by atoms with Gasteiger partial charge < -0.3 is 4.74 Å². The van der Waals surface area contributed by atoms with Gasteiger partial charge in [0.25, 0.3) is 0 Å². The number of carbonyl (C=O) groups excluding carboxylic acids is 1. The summed E-state index contributed by atoms with van der Waals surface area (Å²) in [5.41, 5.74) is 0.626. The highest BCUT2D eigenvalue weighted by molar-refractivity contribution is 5.69. The van der Waals surface area contributed by atoms with Crippen molar-refractivity contribution in [1.29, 1.82) is 5.26 Å². The highest BCUT2D eigenvalue weighted by Crippen LogP contribution is 2.32. The summed E-state index contributed by atoms with van der Waals surface area (Å²) in [5.74, 6) is 0.202. The third-order valence-corrected chi connectivity index (χ3v) is 3.35. The lowest BCUT2D eigenvalue weighted by Crippen LogP contribution is -2.39. The lowest BCUT2D eigenvalue weighted by atomic mass is 9.97. The van der Waals surface area contributed by atoms with Crippen molar-refractivity contribution in [3.05, 3.63) is 35.9 Å². The molecule has 4 heteroatoms. The summed E-state index contributed by atoms with van der Waals surface area (Å²) >= 11 is 0. The molecule has 1 fully saturated rings. The quantitative estimate of drug-likeness (QED) is 0.788. The Morgan fingerprint density at radius 1 is 1.35 bits per heavy atom. The molecule has 1 saturated heterocycles. The summed E-state index contributed by atoms with van der Waals surface area (Å²) in [7, 11) is 0. The van der Waals surface area contributed by atoms with E-state index >= 15 is 0 Å². The Morgan fingerprint density at radius 2 is 2.00 bits per heavy atom. The van der Waals surface area contributed by atoms with Crippen LogP contribution in [0.1, 0.15) is 38.7 Å².